The molecular formula is C24H13FN2O6. The molecule has 0 aliphatic carbocycles. The van der Waals surface area contributed by atoms with Gasteiger partial charge in [0.15, 0.2) is 11.5 Å². The highest BCUT2D eigenvalue weighted by Crippen LogP contribution is 2.41. The van der Waals surface area contributed by atoms with E-state index >= 15 is 0 Å². The van der Waals surface area contributed by atoms with E-state index < -0.39 is 11.4 Å². The van der Waals surface area contributed by atoms with Crippen molar-refractivity contribution in [1.29, 1.82) is 0 Å². The zero-order valence-corrected chi connectivity index (χ0v) is 16.8. The molecule has 2 aromatic carbocycles. The van der Waals surface area contributed by atoms with Crippen molar-refractivity contribution in [2.75, 3.05) is 6.79 Å². The summed E-state index contributed by atoms with van der Waals surface area (Å²) in [5, 5.41) is 12.6. The van der Waals surface area contributed by atoms with Gasteiger partial charge in [-0.3, -0.25) is 0 Å². The molecule has 0 unspecified atom stereocenters. The average Bonchev–Trinajstić information content (AvgIpc) is 3.52. The maximum absolute atomic E-state index is 15.0. The molecule has 0 saturated heterocycles. The third-order valence-electron chi connectivity index (χ3n) is 6.04. The number of furan rings is 1. The van der Waals surface area contributed by atoms with E-state index in [-0.39, 0.29) is 30.3 Å². The van der Waals surface area contributed by atoms with Crippen molar-refractivity contribution in [3.63, 3.8) is 0 Å². The molecule has 6 aromatic rings. The van der Waals surface area contributed by atoms with Crippen molar-refractivity contribution >= 4 is 43.9 Å². The average molecular weight is 444 g/mol. The first kappa shape index (κ1) is 18.1. The summed E-state index contributed by atoms with van der Waals surface area (Å²) in [4.78, 5) is 17.3. The number of aromatic nitrogens is 2. The number of fused-ring (bicyclic) bond motifs is 8. The standard InChI is InChI=1S/C24H13FN2O6/c25-14-7-15-20(22-12(14)3-5-30-22)19-13-2-1-4-26-23(13)33-24(29)21(19)27(15)9-11-6-17-18(8-16(11)28)32-10-31-17/h1-8,28H,9-10H2. The summed E-state index contributed by atoms with van der Waals surface area (Å²) in [5.41, 5.74) is 0.955. The monoisotopic (exact) mass is 444 g/mol. The smallest absolute Gasteiger partial charge is 0.362 e. The minimum atomic E-state index is -0.632. The van der Waals surface area contributed by atoms with Gasteiger partial charge in [-0.2, -0.15) is 0 Å². The fourth-order valence-corrected chi connectivity index (χ4v) is 4.61. The van der Waals surface area contributed by atoms with Crippen LogP contribution in [0.4, 0.5) is 4.39 Å². The number of pyridine rings is 1. The van der Waals surface area contributed by atoms with Crippen molar-refractivity contribution in [2.45, 2.75) is 6.54 Å². The summed E-state index contributed by atoms with van der Waals surface area (Å²) in [6.07, 6.45) is 2.94. The largest absolute Gasteiger partial charge is 0.507 e. The molecule has 0 spiro atoms. The lowest BCUT2D eigenvalue weighted by molar-refractivity contribution is 0.174. The molecule has 1 aliphatic rings. The van der Waals surface area contributed by atoms with Gasteiger partial charge < -0.3 is 28.0 Å². The molecule has 0 fully saturated rings. The van der Waals surface area contributed by atoms with Crippen molar-refractivity contribution in [3.8, 4) is 17.2 Å². The third kappa shape index (κ3) is 2.38. The molecule has 4 aromatic heterocycles. The van der Waals surface area contributed by atoms with Gasteiger partial charge in [-0.25, -0.2) is 14.2 Å². The third-order valence-corrected chi connectivity index (χ3v) is 6.04. The number of aromatic hydroxyl groups is 1. The maximum atomic E-state index is 15.0. The molecule has 0 saturated carbocycles. The molecule has 5 heterocycles. The molecular weight excluding hydrogens is 431 g/mol. The summed E-state index contributed by atoms with van der Waals surface area (Å²) in [6.45, 7) is 0.0997. The molecule has 1 N–H and O–H groups in total. The van der Waals surface area contributed by atoms with Crippen LogP contribution in [0.15, 0.2) is 62.5 Å². The molecule has 0 amide bonds. The molecule has 9 heteroatoms. The van der Waals surface area contributed by atoms with Crippen LogP contribution in [-0.2, 0) is 6.54 Å². The zero-order chi connectivity index (χ0) is 22.3. The highest BCUT2D eigenvalue weighted by Gasteiger charge is 2.25. The minimum absolute atomic E-state index is 0.0411. The molecule has 1 aliphatic heterocycles. The number of ether oxygens (including phenoxy) is 2. The first-order valence-electron chi connectivity index (χ1n) is 10.1. The second-order valence-electron chi connectivity index (χ2n) is 7.81. The van der Waals surface area contributed by atoms with E-state index in [1.807, 2.05) is 0 Å². The second kappa shape index (κ2) is 6.26. The number of phenols is 1. The Morgan fingerprint density at radius 2 is 1.94 bits per heavy atom. The Labute approximate surface area is 183 Å². The van der Waals surface area contributed by atoms with E-state index in [9.17, 15) is 14.3 Å². The highest BCUT2D eigenvalue weighted by atomic mass is 19.1. The zero-order valence-electron chi connectivity index (χ0n) is 16.8. The number of hydrogen-bond donors (Lipinski definition) is 1. The van der Waals surface area contributed by atoms with Gasteiger partial charge in [0.1, 0.15) is 22.7 Å². The van der Waals surface area contributed by atoms with Crippen molar-refractivity contribution < 1.29 is 27.8 Å². The van der Waals surface area contributed by atoms with Gasteiger partial charge in [-0.1, -0.05) is 0 Å². The van der Waals surface area contributed by atoms with E-state index in [1.54, 1.807) is 28.8 Å². The number of hydrogen-bond acceptors (Lipinski definition) is 7. The minimum Gasteiger partial charge on any atom is -0.507 e. The fraction of sp³-hybridized carbons (Fsp3) is 0.0833. The highest BCUT2D eigenvalue weighted by molar-refractivity contribution is 6.25. The SMILES string of the molecule is O=c1oc2ncccc2c2c3c4occc4c(F)cc3n(Cc3cc4c(cc3O)OCO4)c12. The van der Waals surface area contributed by atoms with Crippen LogP contribution in [0.5, 0.6) is 17.2 Å². The Hall–Kier alpha value is -4.53. The first-order chi connectivity index (χ1) is 16.1. The van der Waals surface area contributed by atoms with Crippen LogP contribution < -0.4 is 15.1 Å². The quantitative estimate of drug-likeness (QED) is 0.414. The van der Waals surface area contributed by atoms with Gasteiger partial charge >= 0.3 is 5.63 Å². The number of phenolic OH excluding ortho intramolecular Hbond substituents is 1. The second-order valence-corrected chi connectivity index (χ2v) is 7.81. The fourth-order valence-electron chi connectivity index (χ4n) is 4.61. The lowest BCUT2D eigenvalue weighted by atomic mass is 10.1. The Balaban J connectivity index is 1.64. The van der Waals surface area contributed by atoms with Crippen LogP contribution >= 0.6 is 0 Å². The number of rotatable bonds is 2. The number of nitrogens with zero attached hydrogens (tertiary/aromatic N) is 2. The van der Waals surface area contributed by atoms with E-state index in [0.717, 1.165) is 0 Å². The molecule has 33 heavy (non-hydrogen) atoms. The molecule has 8 nitrogen and oxygen atoms in total. The summed E-state index contributed by atoms with van der Waals surface area (Å²) in [5.74, 6) is 0.376. The van der Waals surface area contributed by atoms with Crippen LogP contribution in [-0.4, -0.2) is 21.5 Å². The maximum Gasteiger partial charge on any atom is 0.362 e. The Morgan fingerprint density at radius 1 is 1.09 bits per heavy atom. The molecule has 0 bridgehead atoms. The van der Waals surface area contributed by atoms with Crippen LogP contribution in [0.3, 0.4) is 0 Å². The summed E-state index contributed by atoms with van der Waals surface area (Å²) >= 11 is 0. The van der Waals surface area contributed by atoms with Crippen LogP contribution in [0.1, 0.15) is 5.56 Å². The normalized spacial score (nSPS) is 13.1. The Kier molecular flexibility index (Phi) is 3.43. The van der Waals surface area contributed by atoms with Crippen LogP contribution in [0.25, 0.3) is 43.9 Å². The number of benzene rings is 2. The summed E-state index contributed by atoms with van der Waals surface area (Å²) < 4.78 is 38.5. The van der Waals surface area contributed by atoms with Gasteiger partial charge in [-0.15, -0.1) is 0 Å². The van der Waals surface area contributed by atoms with Gasteiger partial charge in [0.05, 0.1) is 29.1 Å². The van der Waals surface area contributed by atoms with Crippen LogP contribution in [0, 0.1) is 5.82 Å². The van der Waals surface area contributed by atoms with E-state index in [4.69, 9.17) is 18.3 Å². The first-order valence-corrected chi connectivity index (χ1v) is 10.1. The van der Waals surface area contributed by atoms with Gasteiger partial charge in [0.25, 0.3) is 0 Å². The predicted molar refractivity (Wildman–Crippen MR) is 116 cm³/mol. The molecule has 0 atom stereocenters. The predicted octanol–water partition coefficient (Wildman–Crippen LogP) is 4.66. The Morgan fingerprint density at radius 3 is 2.82 bits per heavy atom. The van der Waals surface area contributed by atoms with E-state index in [2.05, 4.69) is 4.98 Å². The lowest BCUT2D eigenvalue weighted by Gasteiger charge is -2.10. The van der Waals surface area contributed by atoms with Gasteiger partial charge in [-0.05, 0) is 30.3 Å². The van der Waals surface area contributed by atoms with Crippen LogP contribution in [0.2, 0.25) is 0 Å². The van der Waals surface area contributed by atoms with Crippen molar-refractivity contribution in [2.24, 2.45) is 0 Å². The number of halogens is 1. The summed E-state index contributed by atoms with van der Waals surface area (Å²) in [6, 6.07) is 9.52. The Bertz CT molecular complexity index is 1830. The van der Waals surface area contributed by atoms with Gasteiger partial charge in [0, 0.05) is 28.6 Å². The van der Waals surface area contributed by atoms with E-state index in [1.165, 1.54) is 24.6 Å². The molecule has 7 rings (SSSR count). The summed E-state index contributed by atoms with van der Waals surface area (Å²) in [7, 11) is 0. The van der Waals surface area contributed by atoms with Crippen molar-refractivity contribution in [3.05, 3.63) is 70.7 Å². The molecule has 0 radical (unpaired) electrons. The van der Waals surface area contributed by atoms with Crippen molar-refractivity contribution in [1.82, 2.24) is 9.55 Å². The molecule has 162 valence electrons. The topological polar surface area (TPSA) is 99.9 Å². The van der Waals surface area contributed by atoms with Gasteiger partial charge in [0.2, 0.25) is 12.5 Å². The lowest BCUT2D eigenvalue weighted by Crippen LogP contribution is -2.09. The van der Waals surface area contributed by atoms with E-state index in [0.29, 0.717) is 49.7 Å².